The van der Waals surface area contributed by atoms with E-state index in [4.69, 9.17) is 5.73 Å². The predicted molar refractivity (Wildman–Crippen MR) is 89.4 cm³/mol. The molecule has 2 aliphatic carbocycles. The van der Waals surface area contributed by atoms with Gasteiger partial charge in [-0.3, -0.25) is 4.79 Å². The molecule has 8 heteroatoms. The average Bonchev–Trinajstić information content (AvgIpc) is 3.08. The first-order chi connectivity index (χ1) is 11.3. The summed E-state index contributed by atoms with van der Waals surface area (Å²) in [7, 11) is 0. The maximum Gasteiger partial charge on any atom is 0.573 e. The van der Waals surface area contributed by atoms with Crippen molar-refractivity contribution in [3.63, 3.8) is 0 Å². The second-order valence-electron chi connectivity index (χ2n) is 6.63. The Balaban J connectivity index is 0.00000225. The SMILES string of the molecule is Cl.NC1C2CCC(C2)C1C(=O)NCCc1ccccc1OC(F)(F)F. The van der Waals surface area contributed by atoms with Crippen molar-refractivity contribution in [3.8, 4) is 5.75 Å². The molecule has 4 unspecified atom stereocenters. The number of amides is 1. The van der Waals surface area contributed by atoms with Crippen LogP contribution in [-0.4, -0.2) is 24.9 Å². The average molecular weight is 379 g/mol. The Morgan fingerprint density at radius 2 is 1.92 bits per heavy atom. The number of carbonyl (C=O) groups is 1. The third-order valence-electron chi connectivity index (χ3n) is 5.18. The van der Waals surface area contributed by atoms with E-state index >= 15 is 0 Å². The van der Waals surface area contributed by atoms with Crippen LogP contribution < -0.4 is 15.8 Å². The molecule has 4 nitrogen and oxygen atoms in total. The Kier molecular flexibility index (Phi) is 6.21. The quantitative estimate of drug-likeness (QED) is 0.827. The van der Waals surface area contributed by atoms with Gasteiger partial charge in [-0.05, 0) is 49.1 Å². The molecule has 0 aromatic heterocycles. The molecule has 4 atom stereocenters. The second kappa shape index (κ2) is 7.83. The number of nitrogens with two attached hydrogens (primary N) is 1. The van der Waals surface area contributed by atoms with Crippen LogP contribution in [0.25, 0.3) is 0 Å². The van der Waals surface area contributed by atoms with Gasteiger partial charge < -0.3 is 15.8 Å². The summed E-state index contributed by atoms with van der Waals surface area (Å²) in [4.78, 5) is 12.3. The first kappa shape index (κ1) is 19.8. The zero-order valence-electron chi connectivity index (χ0n) is 13.6. The highest BCUT2D eigenvalue weighted by Gasteiger charge is 2.48. The van der Waals surface area contributed by atoms with Crippen LogP contribution in [0.4, 0.5) is 13.2 Å². The van der Waals surface area contributed by atoms with Gasteiger partial charge in [-0.25, -0.2) is 0 Å². The third kappa shape index (κ3) is 4.58. The Labute approximate surface area is 150 Å². The lowest BCUT2D eigenvalue weighted by Crippen LogP contribution is -2.45. The van der Waals surface area contributed by atoms with Crippen molar-refractivity contribution >= 4 is 18.3 Å². The molecule has 2 saturated carbocycles. The van der Waals surface area contributed by atoms with Crippen molar-refractivity contribution in [2.75, 3.05) is 6.54 Å². The molecule has 140 valence electrons. The fourth-order valence-electron chi connectivity index (χ4n) is 4.10. The number of alkyl halides is 3. The highest BCUT2D eigenvalue weighted by molar-refractivity contribution is 5.85. The molecule has 1 aromatic carbocycles. The van der Waals surface area contributed by atoms with E-state index < -0.39 is 6.36 Å². The topological polar surface area (TPSA) is 64.4 Å². The van der Waals surface area contributed by atoms with Gasteiger partial charge in [0.2, 0.25) is 5.91 Å². The van der Waals surface area contributed by atoms with E-state index in [1.54, 1.807) is 12.1 Å². The predicted octanol–water partition coefficient (Wildman–Crippen LogP) is 3.04. The first-order valence-electron chi connectivity index (χ1n) is 8.22. The van der Waals surface area contributed by atoms with Crippen LogP contribution in [0.3, 0.4) is 0 Å². The zero-order valence-corrected chi connectivity index (χ0v) is 14.4. The van der Waals surface area contributed by atoms with Gasteiger partial charge in [0.25, 0.3) is 0 Å². The number of para-hydroxylation sites is 1. The molecule has 1 aromatic rings. The van der Waals surface area contributed by atoms with E-state index in [2.05, 4.69) is 10.1 Å². The molecule has 0 heterocycles. The summed E-state index contributed by atoms with van der Waals surface area (Å²) in [5.74, 6) is 0.322. The summed E-state index contributed by atoms with van der Waals surface area (Å²) >= 11 is 0. The Morgan fingerprint density at radius 1 is 1.24 bits per heavy atom. The number of nitrogens with one attached hydrogen (secondary N) is 1. The van der Waals surface area contributed by atoms with Gasteiger partial charge in [0, 0.05) is 12.6 Å². The van der Waals surface area contributed by atoms with Gasteiger partial charge in [0.1, 0.15) is 5.75 Å². The minimum absolute atomic E-state index is 0. The van der Waals surface area contributed by atoms with Crippen LogP contribution >= 0.6 is 12.4 Å². The van der Waals surface area contributed by atoms with Crippen LogP contribution in [0.5, 0.6) is 5.75 Å². The second-order valence-corrected chi connectivity index (χ2v) is 6.63. The van der Waals surface area contributed by atoms with Crippen LogP contribution in [0.2, 0.25) is 0 Å². The van der Waals surface area contributed by atoms with E-state index in [-0.39, 0.29) is 49.0 Å². The lowest BCUT2D eigenvalue weighted by atomic mass is 9.84. The Morgan fingerprint density at radius 3 is 2.56 bits per heavy atom. The molecule has 2 bridgehead atoms. The summed E-state index contributed by atoms with van der Waals surface area (Å²) in [6.07, 6.45) is -1.30. The number of ether oxygens (including phenoxy) is 1. The molecule has 25 heavy (non-hydrogen) atoms. The summed E-state index contributed by atoms with van der Waals surface area (Å²) < 4.78 is 41.2. The van der Waals surface area contributed by atoms with Crippen molar-refractivity contribution in [2.24, 2.45) is 23.5 Å². The number of carbonyl (C=O) groups excluding carboxylic acids is 1. The Bertz CT molecular complexity index is 610. The van der Waals surface area contributed by atoms with Crippen molar-refractivity contribution in [1.29, 1.82) is 0 Å². The largest absolute Gasteiger partial charge is 0.573 e. The van der Waals surface area contributed by atoms with Gasteiger partial charge in [0.15, 0.2) is 0 Å². The van der Waals surface area contributed by atoms with E-state index in [1.165, 1.54) is 12.1 Å². The fourth-order valence-corrected chi connectivity index (χ4v) is 4.10. The molecule has 3 rings (SSSR count). The van der Waals surface area contributed by atoms with Crippen molar-refractivity contribution < 1.29 is 22.7 Å². The third-order valence-corrected chi connectivity index (χ3v) is 5.18. The maximum atomic E-state index is 12.4. The standard InChI is InChI=1S/C17H21F3N2O2.ClH/c18-17(19,20)24-13-4-2-1-3-10(13)7-8-22-16(23)14-11-5-6-12(9-11)15(14)21;/h1-4,11-12,14-15H,5-9,21H2,(H,22,23);1H. The lowest BCUT2D eigenvalue weighted by Gasteiger charge is -2.27. The molecule has 1 amide bonds. The molecular formula is C17H22ClF3N2O2. The van der Waals surface area contributed by atoms with Gasteiger partial charge in [-0.15, -0.1) is 25.6 Å². The molecular weight excluding hydrogens is 357 g/mol. The summed E-state index contributed by atoms with van der Waals surface area (Å²) in [6, 6.07) is 5.88. The molecule has 2 fully saturated rings. The van der Waals surface area contributed by atoms with E-state index in [0.717, 1.165) is 19.3 Å². The highest BCUT2D eigenvalue weighted by Crippen LogP contribution is 2.47. The fraction of sp³-hybridized carbons (Fsp3) is 0.588. The zero-order chi connectivity index (χ0) is 17.3. The molecule has 0 aliphatic heterocycles. The maximum absolute atomic E-state index is 12.4. The summed E-state index contributed by atoms with van der Waals surface area (Å²) in [5.41, 5.74) is 6.55. The molecule has 0 radical (unpaired) electrons. The summed E-state index contributed by atoms with van der Waals surface area (Å²) in [6.45, 7) is 0.262. The van der Waals surface area contributed by atoms with E-state index in [1.807, 2.05) is 0 Å². The number of benzene rings is 1. The molecule has 0 spiro atoms. The molecule has 3 N–H and O–H groups in total. The Hall–Kier alpha value is -1.47. The smallest absolute Gasteiger partial charge is 0.406 e. The summed E-state index contributed by atoms with van der Waals surface area (Å²) in [5, 5.41) is 2.82. The van der Waals surface area contributed by atoms with Gasteiger partial charge in [0.05, 0.1) is 5.92 Å². The van der Waals surface area contributed by atoms with Crippen molar-refractivity contribution in [2.45, 2.75) is 38.1 Å². The monoisotopic (exact) mass is 378 g/mol. The minimum atomic E-state index is -4.73. The molecule has 2 aliphatic rings. The number of halogens is 4. The van der Waals surface area contributed by atoms with Gasteiger partial charge in [-0.2, -0.15) is 0 Å². The van der Waals surface area contributed by atoms with E-state index in [0.29, 0.717) is 17.4 Å². The van der Waals surface area contributed by atoms with E-state index in [9.17, 15) is 18.0 Å². The van der Waals surface area contributed by atoms with Gasteiger partial charge in [-0.1, -0.05) is 18.2 Å². The lowest BCUT2D eigenvalue weighted by molar-refractivity contribution is -0.274. The number of rotatable bonds is 5. The van der Waals surface area contributed by atoms with Crippen LogP contribution in [0.1, 0.15) is 24.8 Å². The first-order valence-corrected chi connectivity index (χ1v) is 8.22. The van der Waals surface area contributed by atoms with Crippen LogP contribution in [0, 0.1) is 17.8 Å². The van der Waals surface area contributed by atoms with Crippen molar-refractivity contribution in [1.82, 2.24) is 5.32 Å². The minimum Gasteiger partial charge on any atom is -0.406 e. The van der Waals surface area contributed by atoms with Crippen LogP contribution in [0.15, 0.2) is 24.3 Å². The van der Waals surface area contributed by atoms with Crippen molar-refractivity contribution in [3.05, 3.63) is 29.8 Å². The normalized spacial score (nSPS) is 27.7. The number of hydrogen-bond acceptors (Lipinski definition) is 3. The van der Waals surface area contributed by atoms with Gasteiger partial charge >= 0.3 is 6.36 Å². The number of hydrogen-bond donors (Lipinski definition) is 2. The number of fused-ring (bicyclic) bond motifs is 2. The molecule has 0 saturated heterocycles. The highest BCUT2D eigenvalue weighted by atomic mass is 35.5. The van der Waals surface area contributed by atoms with Crippen LogP contribution in [-0.2, 0) is 11.2 Å².